The van der Waals surface area contributed by atoms with Gasteiger partial charge in [0.15, 0.2) is 5.82 Å². The summed E-state index contributed by atoms with van der Waals surface area (Å²) in [5, 5.41) is 13.6. The van der Waals surface area contributed by atoms with Crippen LogP contribution in [0.15, 0.2) is 4.52 Å². The Morgan fingerprint density at radius 1 is 1.33 bits per heavy atom. The molecule has 5 heteroatoms. The second-order valence-electron chi connectivity index (χ2n) is 6.15. The van der Waals surface area contributed by atoms with Gasteiger partial charge in [0.1, 0.15) is 0 Å². The van der Waals surface area contributed by atoms with E-state index in [0.29, 0.717) is 5.89 Å². The third-order valence-corrected chi connectivity index (χ3v) is 3.52. The fourth-order valence-electron chi connectivity index (χ4n) is 2.14. The van der Waals surface area contributed by atoms with Gasteiger partial charge >= 0.3 is 0 Å². The lowest BCUT2D eigenvalue weighted by molar-refractivity contribution is 0.0564. The predicted molar refractivity (Wildman–Crippen MR) is 68.2 cm³/mol. The smallest absolute Gasteiger partial charge is 0.243 e. The van der Waals surface area contributed by atoms with Crippen LogP contribution in [-0.4, -0.2) is 39.3 Å². The van der Waals surface area contributed by atoms with E-state index >= 15 is 0 Å². The molecule has 1 aliphatic heterocycles. The molecule has 102 valence electrons. The zero-order valence-electron chi connectivity index (χ0n) is 11.7. The van der Waals surface area contributed by atoms with Gasteiger partial charge in [-0.3, -0.25) is 4.90 Å². The highest BCUT2D eigenvalue weighted by atomic mass is 16.5. The number of rotatable bonds is 2. The van der Waals surface area contributed by atoms with E-state index in [2.05, 4.69) is 42.7 Å². The molecule has 1 saturated heterocycles. The summed E-state index contributed by atoms with van der Waals surface area (Å²) < 4.78 is 5.37. The Labute approximate surface area is 108 Å². The second-order valence-corrected chi connectivity index (χ2v) is 6.15. The molecule has 0 bridgehead atoms. The molecule has 0 aliphatic carbocycles. The van der Waals surface area contributed by atoms with Crippen molar-refractivity contribution in [2.75, 3.05) is 13.1 Å². The Morgan fingerprint density at radius 2 is 1.94 bits per heavy atom. The van der Waals surface area contributed by atoms with Crippen LogP contribution in [0.25, 0.3) is 0 Å². The number of aromatic nitrogens is 2. The van der Waals surface area contributed by atoms with Crippen molar-refractivity contribution in [2.45, 2.75) is 58.1 Å². The highest BCUT2D eigenvalue weighted by Crippen LogP contribution is 2.25. The second kappa shape index (κ2) is 4.97. The van der Waals surface area contributed by atoms with Crippen molar-refractivity contribution < 1.29 is 9.63 Å². The SMILES string of the molecule is C[C@@H](c1nc(C(C)(C)C)no1)N1CCC(O)CC1. The van der Waals surface area contributed by atoms with Crippen LogP contribution in [0.4, 0.5) is 0 Å². The molecule has 1 aromatic rings. The van der Waals surface area contributed by atoms with Gasteiger partial charge in [-0.25, -0.2) is 0 Å². The van der Waals surface area contributed by atoms with Crippen molar-refractivity contribution in [1.82, 2.24) is 15.0 Å². The fraction of sp³-hybridized carbons (Fsp3) is 0.846. The van der Waals surface area contributed by atoms with E-state index in [1.165, 1.54) is 0 Å². The fourth-order valence-corrected chi connectivity index (χ4v) is 2.14. The molecule has 1 aliphatic rings. The molecule has 0 unspecified atom stereocenters. The predicted octanol–water partition coefficient (Wildman–Crippen LogP) is 1.88. The van der Waals surface area contributed by atoms with Gasteiger partial charge < -0.3 is 9.63 Å². The molecular weight excluding hydrogens is 230 g/mol. The molecule has 1 N–H and O–H groups in total. The number of aliphatic hydroxyl groups excluding tert-OH is 1. The molecule has 0 aromatic carbocycles. The minimum absolute atomic E-state index is 0.0838. The lowest BCUT2D eigenvalue weighted by Crippen LogP contribution is -2.37. The van der Waals surface area contributed by atoms with Crippen molar-refractivity contribution in [3.05, 3.63) is 11.7 Å². The van der Waals surface area contributed by atoms with E-state index in [-0.39, 0.29) is 17.6 Å². The zero-order chi connectivity index (χ0) is 13.3. The van der Waals surface area contributed by atoms with Crippen molar-refractivity contribution in [1.29, 1.82) is 0 Å². The van der Waals surface area contributed by atoms with Gasteiger partial charge in [-0.05, 0) is 19.8 Å². The van der Waals surface area contributed by atoms with Gasteiger partial charge in [0.2, 0.25) is 5.89 Å². The number of nitrogens with zero attached hydrogens (tertiary/aromatic N) is 3. The molecule has 0 radical (unpaired) electrons. The Balaban J connectivity index is 2.05. The summed E-state index contributed by atoms with van der Waals surface area (Å²) in [5.41, 5.74) is -0.0838. The van der Waals surface area contributed by atoms with Crippen LogP contribution in [0.5, 0.6) is 0 Å². The van der Waals surface area contributed by atoms with E-state index in [4.69, 9.17) is 4.52 Å². The number of piperidine rings is 1. The summed E-state index contributed by atoms with van der Waals surface area (Å²) >= 11 is 0. The Hall–Kier alpha value is -0.940. The third kappa shape index (κ3) is 2.90. The number of aliphatic hydroxyl groups is 1. The Kier molecular flexibility index (Phi) is 3.73. The van der Waals surface area contributed by atoms with Crippen LogP contribution in [0.1, 0.15) is 58.3 Å². The van der Waals surface area contributed by atoms with Crippen molar-refractivity contribution in [3.63, 3.8) is 0 Å². The van der Waals surface area contributed by atoms with Crippen molar-refractivity contribution in [3.8, 4) is 0 Å². The molecule has 1 aromatic heterocycles. The minimum atomic E-state index is -0.152. The first-order valence-electron chi connectivity index (χ1n) is 6.64. The van der Waals surface area contributed by atoms with E-state index in [0.717, 1.165) is 31.8 Å². The summed E-state index contributed by atoms with van der Waals surface area (Å²) in [7, 11) is 0. The van der Waals surface area contributed by atoms with Crippen LogP contribution < -0.4 is 0 Å². The molecule has 0 amide bonds. The normalized spacial score (nSPS) is 21.2. The van der Waals surface area contributed by atoms with Crippen LogP contribution in [0.2, 0.25) is 0 Å². The average Bonchev–Trinajstić information content (AvgIpc) is 2.78. The first-order chi connectivity index (χ1) is 8.38. The van der Waals surface area contributed by atoms with E-state index < -0.39 is 0 Å². The van der Waals surface area contributed by atoms with Crippen LogP contribution in [-0.2, 0) is 5.41 Å². The van der Waals surface area contributed by atoms with Gasteiger partial charge in [0.25, 0.3) is 0 Å². The maximum atomic E-state index is 9.51. The Bertz CT molecular complexity index is 389. The van der Waals surface area contributed by atoms with E-state index in [1.54, 1.807) is 0 Å². The highest BCUT2D eigenvalue weighted by molar-refractivity contribution is 5.02. The lowest BCUT2D eigenvalue weighted by atomic mass is 9.96. The van der Waals surface area contributed by atoms with Crippen molar-refractivity contribution in [2.24, 2.45) is 0 Å². The number of likely N-dealkylation sites (tertiary alicyclic amines) is 1. The van der Waals surface area contributed by atoms with Gasteiger partial charge in [0, 0.05) is 18.5 Å². The monoisotopic (exact) mass is 253 g/mol. The van der Waals surface area contributed by atoms with E-state index in [9.17, 15) is 5.11 Å². The standard InChI is InChI=1S/C13H23N3O2/c1-9(16-7-5-10(17)6-8-16)11-14-12(15-18-11)13(2,3)4/h9-10,17H,5-8H2,1-4H3/t9-/m0/s1. The number of hydrogen-bond acceptors (Lipinski definition) is 5. The van der Waals surface area contributed by atoms with Gasteiger partial charge in [-0.1, -0.05) is 25.9 Å². The summed E-state index contributed by atoms with van der Waals surface area (Å²) in [6.07, 6.45) is 1.50. The molecule has 5 nitrogen and oxygen atoms in total. The van der Waals surface area contributed by atoms with Gasteiger partial charge in [0.05, 0.1) is 12.1 Å². The minimum Gasteiger partial charge on any atom is -0.393 e. The molecule has 1 atom stereocenters. The molecule has 2 heterocycles. The zero-order valence-corrected chi connectivity index (χ0v) is 11.7. The van der Waals surface area contributed by atoms with Crippen LogP contribution >= 0.6 is 0 Å². The van der Waals surface area contributed by atoms with Crippen LogP contribution in [0, 0.1) is 0 Å². The van der Waals surface area contributed by atoms with Gasteiger partial charge in [-0.15, -0.1) is 0 Å². The van der Waals surface area contributed by atoms with Crippen molar-refractivity contribution >= 4 is 0 Å². The molecule has 0 saturated carbocycles. The maximum Gasteiger partial charge on any atom is 0.243 e. The van der Waals surface area contributed by atoms with E-state index in [1.807, 2.05) is 0 Å². The first-order valence-corrected chi connectivity index (χ1v) is 6.64. The molecule has 1 fully saturated rings. The molecular formula is C13H23N3O2. The molecule has 0 spiro atoms. The summed E-state index contributed by atoms with van der Waals surface area (Å²) in [5.74, 6) is 1.43. The molecule has 2 rings (SSSR count). The topological polar surface area (TPSA) is 62.4 Å². The summed E-state index contributed by atoms with van der Waals surface area (Å²) in [6, 6.07) is 0.126. The maximum absolute atomic E-state index is 9.51. The third-order valence-electron chi connectivity index (χ3n) is 3.52. The Morgan fingerprint density at radius 3 is 2.44 bits per heavy atom. The highest BCUT2D eigenvalue weighted by Gasteiger charge is 2.28. The van der Waals surface area contributed by atoms with Crippen LogP contribution in [0.3, 0.4) is 0 Å². The van der Waals surface area contributed by atoms with Gasteiger partial charge in [-0.2, -0.15) is 4.98 Å². The molecule has 18 heavy (non-hydrogen) atoms. The number of hydrogen-bond donors (Lipinski definition) is 1. The summed E-state index contributed by atoms with van der Waals surface area (Å²) in [4.78, 5) is 6.78. The first kappa shape index (κ1) is 13.5. The summed E-state index contributed by atoms with van der Waals surface area (Å²) in [6.45, 7) is 10.1. The lowest BCUT2D eigenvalue weighted by Gasteiger charge is -2.32. The largest absolute Gasteiger partial charge is 0.393 e. The quantitative estimate of drug-likeness (QED) is 0.872. The average molecular weight is 253 g/mol.